The predicted molar refractivity (Wildman–Crippen MR) is 137 cm³/mol. The summed E-state index contributed by atoms with van der Waals surface area (Å²) in [6.45, 7) is 4.96. The number of ether oxygens (including phenoxy) is 2. The molecule has 0 radical (unpaired) electrons. The Bertz CT molecular complexity index is 1270. The largest absolute Gasteiger partial charge is 0.490 e. The molecule has 0 aliphatic carbocycles. The summed E-state index contributed by atoms with van der Waals surface area (Å²) in [5.74, 6) is -0.346. The van der Waals surface area contributed by atoms with Gasteiger partial charge in [-0.15, -0.1) is 0 Å². The van der Waals surface area contributed by atoms with Crippen molar-refractivity contribution in [3.05, 3.63) is 83.4 Å². The number of amides is 2. The third kappa shape index (κ3) is 4.18. The van der Waals surface area contributed by atoms with Crippen LogP contribution in [-0.2, 0) is 14.4 Å². The lowest BCUT2D eigenvalue weighted by Crippen LogP contribution is -2.37. The van der Waals surface area contributed by atoms with Crippen LogP contribution in [0.3, 0.4) is 0 Å². The van der Waals surface area contributed by atoms with Gasteiger partial charge in [0.2, 0.25) is 5.91 Å². The van der Waals surface area contributed by atoms with Gasteiger partial charge in [-0.3, -0.25) is 14.4 Å². The maximum absolute atomic E-state index is 13.8. The van der Waals surface area contributed by atoms with Crippen molar-refractivity contribution in [1.82, 2.24) is 0 Å². The quantitative estimate of drug-likeness (QED) is 0.372. The van der Waals surface area contributed by atoms with Crippen LogP contribution >= 0.6 is 11.6 Å². The molecule has 2 heterocycles. The molecular formula is C28H27ClN2O5. The zero-order chi connectivity index (χ0) is 25.2. The molecule has 186 valence electrons. The van der Waals surface area contributed by atoms with Gasteiger partial charge in [-0.2, -0.15) is 0 Å². The molecule has 5 rings (SSSR count). The van der Waals surface area contributed by atoms with Gasteiger partial charge in [-0.1, -0.05) is 54.9 Å². The molecule has 7 nitrogen and oxygen atoms in total. The SMILES string of the molecule is CCCOc1ccc([C@@H]2[C@H]3C(=O)N(c4ccccc4Cl)C(=O)[C@H]3ON2c2ccccc2)cc1OCC. The van der Waals surface area contributed by atoms with Crippen LogP contribution in [-0.4, -0.2) is 31.1 Å². The van der Waals surface area contributed by atoms with Gasteiger partial charge < -0.3 is 9.47 Å². The van der Waals surface area contributed by atoms with Crippen molar-refractivity contribution >= 4 is 34.8 Å². The molecule has 2 amide bonds. The topological polar surface area (TPSA) is 68.3 Å². The molecule has 2 fully saturated rings. The van der Waals surface area contributed by atoms with Crippen molar-refractivity contribution in [3.8, 4) is 11.5 Å². The Labute approximate surface area is 215 Å². The van der Waals surface area contributed by atoms with Gasteiger partial charge in [-0.25, -0.2) is 9.96 Å². The predicted octanol–water partition coefficient (Wildman–Crippen LogP) is 5.58. The monoisotopic (exact) mass is 506 g/mol. The van der Waals surface area contributed by atoms with E-state index in [-0.39, 0.29) is 5.91 Å². The fraction of sp³-hybridized carbons (Fsp3) is 0.286. The molecule has 0 spiro atoms. The van der Waals surface area contributed by atoms with Crippen LogP contribution in [0.5, 0.6) is 11.5 Å². The van der Waals surface area contributed by atoms with E-state index in [1.807, 2.05) is 62.4 Å². The molecule has 8 heteroatoms. The third-order valence-corrected chi connectivity index (χ3v) is 6.61. The first-order chi connectivity index (χ1) is 17.5. The second-order valence-corrected chi connectivity index (χ2v) is 9.02. The number of imide groups is 1. The summed E-state index contributed by atoms with van der Waals surface area (Å²) in [4.78, 5) is 34.7. The Morgan fingerprint density at radius 3 is 2.36 bits per heavy atom. The Hall–Kier alpha value is -3.55. The highest BCUT2D eigenvalue weighted by atomic mass is 35.5. The number of benzene rings is 3. The summed E-state index contributed by atoms with van der Waals surface area (Å²) < 4.78 is 11.7. The molecule has 2 aliphatic heterocycles. The summed E-state index contributed by atoms with van der Waals surface area (Å²) in [6, 6.07) is 21.3. The lowest BCUT2D eigenvalue weighted by Gasteiger charge is -2.29. The van der Waals surface area contributed by atoms with Gasteiger partial charge in [0, 0.05) is 0 Å². The van der Waals surface area contributed by atoms with E-state index in [9.17, 15) is 9.59 Å². The zero-order valence-corrected chi connectivity index (χ0v) is 20.9. The Morgan fingerprint density at radius 1 is 0.889 bits per heavy atom. The number of hydrogen-bond donors (Lipinski definition) is 0. The van der Waals surface area contributed by atoms with Gasteiger partial charge in [0.15, 0.2) is 17.6 Å². The van der Waals surface area contributed by atoms with Gasteiger partial charge in [-0.05, 0) is 55.3 Å². The molecule has 3 aromatic carbocycles. The molecule has 0 bridgehead atoms. The van der Waals surface area contributed by atoms with Crippen LogP contribution in [0.15, 0.2) is 72.8 Å². The lowest BCUT2D eigenvalue weighted by atomic mass is 9.90. The highest BCUT2D eigenvalue weighted by Gasteiger charge is 2.60. The minimum absolute atomic E-state index is 0.326. The minimum atomic E-state index is -0.981. The van der Waals surface area contributed by atoms with Crippen molar-refractivity contribution < 1.29 is 23.9 Å². The number of carbonyl (C=O) groups excluding carboxylic acids is 2. The van der Waals surface area contributed by atoms with Crippen LogP contribution in [0.4, 0.5) is 11.4 Å². The summed E-state index contributed by atoms with van der Waals surface area (Å²) >= 11 is 6.36. The summed E-state index contributed by atoms with van der Waals surface area (Å²) in [7, 11) is 0. The van der Waals surface area contributed by atoms with Crippen molar-refractivity contribution in [3.63, 3.8) is 0 Å². The zero-order valence-electron chi connectivity index (χ0n) is 20.1. The molecule has 3 atom stereocenters. The third-order valence-electron chi connectivity index (χ3n) is 6.29. The number of fused-ring (bicyclic) bond motifs is 1. The smallest absolute Gasteiger partial charge is 0.266 e. The second kappa shape index (κ2) is 10.2. The lowest BCUT2D eigenvalue weighted by molar-refractivity contribution is -0.126. The van der Waals surface area contributed by atoms with Crippen molar-refractivity contribution in [2.75, 3.05) is 23.2 Å². The second-order valence-electron chi connectivity index (χ2n) is 8.61. The van der Waals surface area contributed by atoms with E-state index in [0.29, 0.717) is 35.4 Å². The first-order valence-corrected chi connectivity index (χ1v) is 12.5. The molecule has 36 heavy (non-hydrogen) atoms. The summed E-state index contributed by atoms with van der Waals surface area (Å²) in [5.41, 5.74) is 1.88. The number of para-hydroxylation sites is 2. The molecule has 0 saturated carbocycles. The molecule has 2 aliphatic rings. The van der Waals surface area contributed by atoms with E-state index in [1.54, 1.807) is 29.3 Å². The fourth-order valence-corrected chi connectivity index (χ4v) is 4.95. The number of anilines is 2. The maximum atomic E-state index is 13.8. The van der Waals surface area contributed by atoms with Crippen LogP contribution in [0.2, 0.25) is 5.02 Å². The number of hydroxylamine groups is 1. The average Bonchev–Trinajstić information content (AvgIpc) is 3.40. The highest BCUT2D eigenvalue weighted by molar-refractivity contribution is 6.36. The Morgan fingerprint density at radius 2 is 1.64 bits per heavy atom. The van der Waals surface area contributed by atoms with Crippen molar-refractivity contribution in [2.24, 2.45) is 5.92 Å². The van der Waals surface area contributed by atoms with Crippen LogP contribution in [0.25, 0.3) is 0 Å². The fourth-order valence-electron chi connectivity index (χ4n) is 4.73. The summed E-state index contributed by atoms with van der Waals surface area (Å²) in [5, 5.41) is 1.99. The van der Waals surface area contributed by atoms with Gasteiger partial charge in [0.25, 0.3) is 5.91 Å². The van der Waals surface area contributed by atoms with E-state index in [4.69, 9.17) is 25.9 Å². The number of hydrogen-bond acceptors (Lipinski definition) is 6. The molecule has 2 saturated heterocycles. The average molecular weight is 507 g/mol. The minimum Gasteiger partial charge on any atom is -0.490 e. The van der Waals surface area contributed by atoms with Gasteiger partial charge >= 0.3 is 0 Å². The van der Waals surface area contributed by atoms with E-state index in [1.165, 1.54) is 0 Å². The molecule has 0 unspecified atom stereocenters. The maximum Gasteiger partial charge on any atom is 0.266 e. The number of nitrogens with zero attached hydrogens (tertiary/aromatic N) is 2. The van der Waals surface area contributed by atoms with Crippen LogP contribution in [0.1, 0.15) is 31.9 Å². The summed E-state index contributed by atoms with van der Waals surface area (Å²) in [6.07, 6.45) is -0.116. The van der Waals surface area contributed by atoms with Crippen molar-refractivity contribution in [1.29, 1.82) is 0 Å². The van der Waals surface area contributed by atoms with Crippen LogP contribution < -0.4 is 19.4 Å². The van der Waals surface area contributed by atoms with E-state index in [0.717, 1.165) is 22.6 Å². The molecule has 3 aromatic rings. The van der Waals surface area contributed by atoms with Gasteiger partial charge in [0.1, 0.15) is 5.92 Å². The van der Waals surface area contributed by atoms with Crippen LogP contribution in [0, 0.1) is 5.92 Å². The van der Waals surface area contributed by atoms with Gasteiger partial charge in [0.05, 0.1) is 35.7 Å². The number of halogens is 1. The standard InChI is InChI=1S/C28H27ClN2O5/c1-3-16-35-22-15-14-18(17-23(22)34-4-2)25-24-26(36-31(25)19-10-6-5-7-11-19)28(33)30(27(24)32)21-13-9-8-12-20(21)29/h5-15,17,24-26H,3-4,16H2,1-2H3/t24-,25-,26+/m1/s1. The molecule has 0 aromatic heterocycles. The highest BCUT2D eigenvalue weighted by Crippen LogP contribution is 2.49. The van der Waals surface area contributed by atoms with E-state index in [2.05, 4.69) is 0 Å². The van der Waals surface area contributed by atoms with E-state index < -0.39 is 24.0 Å². The van der Waals surface area contributed by atoms with Crippen molar-refractivity contribution in [2.45, 2.75) is 32.4 Å². The van der Waals surface area contributed by atoms with E-state index >= 15 is 0 Å². The normalized spacial score (nSPS) is 21.1. The number of rotatable bonds is 8. The molecule has 0 N–H and O–H groups in total. The first kappa shape index (κ1) is 24.2. The number of carbonyl (C=O) groups is 2. The molecular weight excluding hydrogens is 480 g/mol. The first-order valence-electron chi connectivity index (χ1n) is 12.1. The Kier molecular flexibility index (Phi) is 6.85. The Balaban J connectivity index is 1.59.